The molecule has 0 aliphatic carbocycles. The smallest absolute Gasteiger partial charge is 0.427 e. The number of hydrogen-bond donors (Lipinski definition) is 4. The zero-order valence-corrected chi connectivity index (χ0v) is 12.9. The van der Waals surface area contributed by atoms with E-state index in [1.165, 1.54) is 0 Å². The number of nitrogens with one attached hydrogen (secondary N) is 1. The van der Waals surface area contributed by atoms with Crippen molar-refractivity contribution in [2.75, 3.05) is 13.6 Å². The molecule has 0 fully saturated rings. The molecule has 0 saturated carbocycles. The monoisotopic (exact) mass is 274 g/mol. The standard InChI is InChI=1S/C9H23BN2O2.C4H8O/c1-9(11,6-8-12-2)5-3-4-7-10(13)14;1-4(2)3-5/h12-14H,3-8,11H2,1-2H3;3-4H,1-2H3. The fraction of sp³-hybridized carbons (Fsp3) is 0.923. The predicted molar refractivity (Wildman–Crippen MR) is 80.9 cm³/mol. The van der Waals surface area contributed by atoms with Gasteiger partial charge in [-0.3, -0.25) is 0 Å². The minimum atomic E-state index is -1.17. The summed E-state index contributed by atoms with van der Waals surface area (Å²) in [5, 5.41) is 20.3. The van der Waals surface area contributed by atoms with Crippen LogP contribution in [-0.2, 0) is 4.79 Å². The maximum absolute atomic E-state index is 9.50. The lowest BCUT2D eigenvalue weighted by atomic mass is 9.82. The fourth-order valence-electron chi connectivity index (χ4n) is 1.39. The molecule has 114 valence electrons. The molecule has 5 nitrogen and oxygen atoms in total. The third-order valence-electron chi connectivity index (χ3n) is 2.68. The molecule has 0 aromatic heterocycles. The maximum Gasteiger partial charge on any atom is 0.451 e. The van der Waals surface area contributed by atoms with Crippen LogP contribution in [0.2, 0.25) is 6.32 Å². The Morgan fingerprint density at radius 3 is 2.21 bits per heavy atom. The van der Waals surface area contributed by atoms with Gasteiger partial charge in [0.25, 0.3) is 0 Å². The van der Waals surface area contributed by atoms with Crippen LogP contribution in [0.1, 0.15) is 46.5 Å². The molecule has 0 aliphatic heterocycles. The first kappa shape index (κ1) is 20.9. The van der Waals surface area contributed by atoms with Crippen LogP contribution in [0.25, 0.3) is 0 Å². The van der Waals surface area contributed by atoms with Crippen molar-refractivity contribution in [2.45, 2.75) is 58.3 Å². The van der Waals surface area contributed by atoms with Gasteiger partial charge in [-0.15, -0.1) is 0 Å². The lowest BCUT2D eigenvalue weighted by Crippen LogP contribution is -2.38. The highest BCUT2D eigenvalue weighted by Crippen LogP contribution is 2.15. The van der Waals surface area contributed by atoms with E-state index in [0.29, 0.717) is 6.32 Å². The first-order valence-electron chi connectivity index (χ1n) is 7.00. The van der Waals surface area contributed by atoms with Crippen LogP contribution in [0.5, 0.6) is 0 Å². The van der Waals surface area contributed by atoms with E-state index in [1.807, 2.05) is 27.8 Å². The summed E-state index contributed by atoms with van der Waals surface area (Å²) in [4.78, 5) is 9.50. The molecular formula is C13H31BN2O3. The van der Waals surface area contributed by atoms with E-state index < -0.39 is 7.12 Å². The molecule has 0 aliphatic rings. The van der Waals surface area contributed by atoms with E-state index in [1.54, 1.807) is 0 Å². The molecular weight excluding hydrogens is 243 g/mol. The minimum Gasteiger partial charge on any atom is -0.427 e. The van der Waals surface area contributed by atoms with Gasteiger partial charge >= 0.3 is 7.12 Å². The molecule has 1 atom stereocenters. The van der Waals surface area contributed by atoms with E-state index in [-0.39, 0.29) is 11.5 Å². The van der Waals surface area contributed by atoms with Gasteiger partial charge in [0, 0.05) is 11.5 Å². The number of unbranched alkanes of at least 4 members (excludes halogenated alkanes) is 1. The molecule has 0 amide bonds. The topological polar surface area (TPSA) is 95.6 Å². The second kappa shape index (κ2) is 12.6. The van der Waals surface area contributed by atoms with E-state index in [0.717, 1.165) is 38.5 Å². The van der Waals surface area contributed by atoms with E-state index in [4.69, 9.17) is 15.8 Å². The first-order valence-corrected chi connectivity index (χ1v) is 7.00. The third kappa shape index (κ3) is 20.1. The van der Waals surface area contributed by atoms with Gasteiger partial charge in [-0.05, 0) is 39.7 Å². The number of hydrogen-bond acceptors (Lipinski definition) is 5. The summed E-state index contributed by atoms with van der Waals surface area (Å²) < 4.78 is 0. The number of carbonyl (C=O) groups is 1. The van der Waals surface area contributed by atoms with Crippen LogP contribution >= 0.6 is 0 Å². The van der Waals surface area contributed by atoms with Crippen LogP contribution in [0.15, 0.2) is 0 Å². The van der Waals surface area contributed by atoms with Gasteiger partial charge in [0.15, 0.2) is 0 Å². The molecule has 0 bridgehead atoms. The number of aldehydes is 1. The fourth-order valence-corrected chi connectivity index (χ4v) is 1.39. The number of rotatable bonds is 9. The predicted octanol–water partition coefficient (Wildman–Crippen LogP) is 0.798. The molecule has 0 aromatic rings. The Balaban J connectivity index is 0. The van der Waals surface area contributed by atoms with Gasteiger partial charge in [-0.25, -0.2) is 0 Å². The van der Waals surface area contributed by atoms with E-state index >= 15 is 0 Å². The van der Waals surface area contributed by atoms with E-state index in [9.17, 15) is 4.79 Å². The average Bonchev–Trinajstić information content (AvgIpc) is 2.33. The summed E-state index contributed by atoms with van der Waals surface area (Å²) in [7, 11) is 0.745. The van der Waals surface area contributed by atoms with Crippen LogP contribution in [0, 0.1) is 5.92 Å². The number of nitrogens with two attached hydrogens (primary N) is 1. The Hall–Kier alpha value is -0.425. The van der Waals surface area contributed by atoms with Crippen molar-refractivity contribution in [3.05, 3.63) is 0 Å². The van der Waals surface area contributed by atoms with Gasteiger partial charge < -0.3 is 25.9 Å². The Bertz CT molecular complexity index is 212. The summed E-state index contributed by atoms with van der Waals surface area (Å²) in [6.45, 7) is 6.68. The average molecular weight is 274 g/mol. The van der Waals surface area contributed by atoms with E-state index in [2.05, 4.69) is 5.32 Å². The molecule has 0 spiro atoms. The van der Waals surface area contributed by atoms with Crippen molar-refractivity contribution in [1.82, 2.24) is 5.32 Å². The van der Waals surface area contributed by atoms with Gasteiger partial charge in [0.05, 0.1) is 0 Å². The van der Waals surface area contributed by atoms with Crippen molar-refractivity contribution in [3.8, 4) is 0 Å². The van der Waals surface area contributed by atoms with Crippen LogP contribution in [0.4, 0.5) is 0 Å². The first-order chi connectivity index (χ1) is 8.75. The molecule has 0 radical (unpaired) electrons. The zero-order chi connectivity index (χ0) is 15.3. The Morgan fingerprint density at radius 1 is 1.32 bits per heavy atom. The summed E-state index contributed by atoms with van der Waals surface area (Å²) in [6.07, 6.45) is 5.02. The highest BCUT2D eigenvalue weighted by atomic mass is 16.4. The second-order valence-electron chi connectivity index (χ2n) is 5.61. The van der Waals surface area contributed by atoms with Gasteiger partial charge in [-0.1, -0.05) is 26.7 Å². The van der Waals surface area contributed by atoms with Crippen LogP contribution in [0.3, 0.4) is 0 Å². The Kier molecular flexibility index (Phi) is 13.9. The quantitative estimate of drug-likeness (QED) is 0.283. The lowest BCUT2D eigenvalue weighted by molar-refractivity contribution is -0.110. The maximum atomic E-state index is 9.50. The van der Waals surface area contributed by atoms with Crippen molar-refractivity contribution in [1.29, 1.82) is 0 Å². The molecule has 0 saturated heterocycles. The summed E-state index contributed by atoms with van der Waals surface area (Å²) >= 11 is 0. The largest absolute Gasteiger partial charge is 0.451 e. The van der Waals surface area contributed by atoms with Crippen molar-refractivity contribution in [2.24, 2.45) is 11.7 Å². The molecule has 1 unspecified atom stereocenters. The normalized spacial score (nSPS) is 13.5. The Labute approximate surface area is 118 Å². The van der Waals surface area contributed by atoms with Crippen LogP contribution in [-0.4, -0.2) is 42.6 Å². The molecule has 5 N–H and O–H groups in total. The molecule has 0 heterocycles. The molecule has 0 aromatic carbocycles. The Morgan fingerprint density at radius 2 is 1.84 bits per heavy atom. The highest BCUT2D eigenvalue weighted by molar-refractivity contribution is 6.40. The van der Waals surface area contributed by atoms with Crippen molar-refractivity contribution < 1.29 is 14.8 Å². The van der Waals surface area contributed by atoms with Crippen molar-refractivity contribution >= 4 is 13.4 Å². The van der Waals surface area contributed by atoms with Gasteiger partial charge in [0.2, 0.25) is 0 Å². The minimum absolute atomic E-state index is 0.135. The highest BCUT2D eigenvalue weighted by Gasteiger charge is 2.17. The molecule has 0 rings (SSSR count). The SMILES string of the molecule is CC(C)C=O.CNCCC(C)(N)CCCCB(O)O. The second-order valence-corrected chi connectivity index (χ2v) is 5.61. The van der Waals surface area contributed by atoms with Gasteiger partial charge in [-0.2, -0.15) is 0 Å². The number of carbonyl (C=O) groups excluding carboxylic acids is 1. The molecule has 19 heavy (non-hydrogen) atoms. The summed E-state index contributed by atoms with van der Waals surface area (Å²) in [5.74, 6) is 0.204. The molecule has 6 heteroatoms. The zero-order valence-electron chi connectivity index (χ0n) is 12.9. The summed E-state index contributed by atoms with van der Waals surface area (Å²) in [6, 6.07) is 0. The van der Waals surface area contributed by atoms with Gasteiger partial charge in [0.1, 0.15) is 6.29 Å². The van der Waals surface area contributed by atoms with Crippen LogP contribution < -0.4 is 11.1 Å². The van der Waals surface area contributed by atoms with Crippen molar-refractivity contribution in [3.63, 3.8) is 0 Å². The third-order valence-corrected chi connectivity index (χ3v) is 2.68. The summed E-state index contributed by atoms with van der Waals surface area (Å²) in [5.41, 5.74) is 5.92. The lowest BCUT2D eigenvalue weighted by Gasteiger charge is -2.24.